The van der Waals surface area contributed by atoms with Crippen LogP contribution in [0.15, 0.2) is 36.4 Å². The third kappa shape index (κ3) is 10.2. The molecule has 1 aliphatic rings. The van der Waals surface area contributed by atoms with E-state index in [-0.39, 0.29) is 5.92 Å². The van der Waals surface area contributed by atoms with Crippen molar-refractivity contribution in [2.75, 3.05) is 25.0 Å². The number of hydrogen-bond donors (Lipinski definition) is 1. The lowest BCUT2D eigenvalue weighted by Crippen LogP contribution is -2.41. The van der Waals surface area contributed by atoms with Gasteiger partial charge in [-0.3, -0.25) is 0 Å². The zero-order chi connectivity index (χ0) is 25.5. The van der Waals surface area contributed by atoms with Crippen LogP contribution < -0.4 is 10.2 Å². The number of halogens is 1. The molecule has 5 nitrogen and oxygen atoms in total. The zero-order valence-electron chi connectivity index (χ0n) is 21.5. The summed E-state index contributed by atoms with van der Waals surface area (Å²) in [5.74, 6) is 0.648. The molecule has 1 fully saturated rings. The van der Waals surface area contributed by atoms with Crippen molar-refractivity contribution in [2.24, 2.45) is 11.8 Å². The Bertz CT molecular complexity index is 832. The van der Waals surface area contributed by atoms with Crippen molar-refractivity contribution in [3.05, 3.63) is 41.3 Å². The Balaban J connectivity index is 0.000000440. The number of carbonyl (C=O) groups excluding carboxylic acids is 2. The molecule has 0 saturated carbocycles. The van der Waals surface area contributed by atoms with Crippen LogP contribution in [0.4, 0.5) is 5.69 Å². The fourth-order valence-electron chi connectivity index (χ4n) is 3.25. The Morgan fingerprint density at radius 1 is 1.18 bits per heavy atom. The highest BCUT2D eigenvalue weighted by Gasteiger charge is 2.26. The summed E-state index contributed by atoms with van der Waals surface area (Å²) in [6.07, 6.45) is 5.69. The van der Waals surface area contributed by atoms with Gasteiger partial charge in [-0.2, -0.15) is 0 Å². The molecule has 1 saturated heterocycles. The third-order valence-corrected chi connectivity index (χ3v) is 7.22. The summed E-state index contributed by atoms with van der Waals surface area (Å²) in [4.78, 5) is 25.4. The Labute approximate surface area is 215 Å². The van der Waals surface area contributed by atoms with E-state index in [1.165, 1.54) is 24.2 Å². The quantitative estimate of drug-likeness (QED) is 0.401. The van der Waals surface area contributed by atoms with Crippen LogP contribution in [0.3, 0.4) is 0 Å². The molecule has 3 rings (SSSR count). The van der Waals surface area contributed by atoms with Crippen molar-refractivity contribution in [2.45, 2.75) is 66.3 Å². The van der Waals surface area contributed by atoms with Gasteiger partial charge in [-0.25, -0.2) is 4.79 Å². The van der Waals surface area contributed by atoms with E-state index >= 15 is 0 Å². The van der Waals surface area contributed by atoms with E-state index in [1.54, 1.807) is 0 Å². The van der Waals surface area contributed by atoms with Gasteiger partial charge in [0.1, 0.15) is 23.0 Å². The van der Waals surface area contributed by atoms with Crippen LogP contribution in [-0.4, -0.2) is 38.4 Å². The molecule has 0 unspecified atom stereocenters. The van der Waals surface area contributed by atoms with Gasteiger partial charge in [-0.1, -0.05) is 77.8 Å². The molecule has 0 radical (unpaired) electrons. The highest BCUT2D eigenvalue weighted by molar-refractivity contribution is 7.18. The molecule has 1 aromatic carbocycles. The predicted octanol–water partition coefficient (Wildman–Crippen LogP) is 7.20. The first kappa shape index (κ1) is 30.1. The SMILES string of the molecule is CC(C)C=O.CCC(C)CC.CN(c1cc(-c2ccccc2)sc1C(=O)OCl)C1CCNCC1. The maximum Gasteiger partial charge on any atom is 0.368 e. The van der Waals surface area contributed by atoms with Crippen LogP contribution in [-0.2, 0) is 9.08 Å². The second kappa shape index (κ2) is 16.7. The van der Waals surface area contributed by atoms with E-state index in [0.717, 1.165) is 54.3 Å². The number of aldehydes is 1. The molecule has 7 heteroatoms. The maximum absolute atomic E-state index is 12.1. The van der Waals surface area contributed by atoms with Crippen molar-refractivity contribution in [1.29, 1.82) is 0 Å². The summed E-state index contributed by atoms with van der Waals surface area (Å²) in [7, 11) is 2.04. The van der Waals surface area contributed by atoms with Crippen molar-refractivity contribution >= 4 is 41.1 Å². The number of rotatable bonds is 7. The lowest BCUT2D eigenvalue weighted by atomic mass is 10.0. The Morgan fingerprint density at radius 3 is 2.18 bits per heavy atom. The van der Waals surface area contributed by atoms with Gasteiger partial charge >= 0.3 is 5.97 Å². The van der Waals surface area contributed by atoms with Gasteiger partial charge in [0.15, 0.2) is 0 Å². The van der Waals surface area contributed by atoms with E-state index in [0.29, 0.717) is 10.9 Å². The smallest absolute Gasteiger partial charge is 0.368 e. The van der Waals surface area contributed by atoms with E-state index < -0.39 is 5.97 Å². The molecule has 0 bridgehead atoms. The highest BCUT2D eigenvalue weighted by atomic mass is 35.5. The van der Waals surface area contributed by atoms with Crippen LogP contribution in [0.1, 0.15) is 70.0 Å². The Kier molecular flexibility index (Phi) is 14.8. The molecular formula is C27H41ClN2O3S. The summed E-state index contributed by atoms with van der Waals surface area (Å²) in [5, 5.41) is 3.36. The largest absolute Gasteiger partial charge is 0.370 e. The van der Waals surface area contributed by atoms with Gasteiger partial charge in [0.2, 0.25) is 0 Å². The molecule has 0 spiro atoms. The first-order valence-electron chi connectivity index (χ1n) is 12.2. The normalized spacial score (nSPS) is 13.4. The van der Waals surface area contributed by atoms with Crippen LogP contribution in [0, 0.1) is 11.8 Å². The number of thiophene rings is 1. The number of nitrogens with zero attached hydrogens (tertiary/aromatic N) is 1. The lowest BCUT2D eigenvalue weighted by Gasteiger charge is -2.33. The zero-order valence-corrected chi connectivity index (χ0v) is 23.0. The second-order valence-corrected chi connectivity index (χ2v) is 10.2. The van der Waals surface area contributed by atoms with E-state index in [9.17, 15) is 9.59 Å². The van der Waals surface area contributed by atoms with Gasteiger partial charge in [-0.15, -0.1) is 11.3 Å². The molecule has 2 heterocycles. The van der Waals surface area contributed by atoms with Gasteiger partial charge in [0.25, 0.3) is 0 Å². The topological polar surface area (TPSA) is 58.6 Å². The van der Waals surface area contributed by atoms with Gasteiger partial charge in [0.05, 0.1) is 5.69 Å². The van der Waals surface area contributed by atoms with E-state index in [1.807, 2.05) is 51.2 Å². The van der Waals surface area contributed by atoms with Crippen LogP contribution in [0.25, 0.3) is 10.4 Å². The standard InChI is InChI=1S/C17H19ClN2O2S.C6H14.C4H8O/c1-20(13-7-9-19-10-8-13)14-11-15(12-5-3-2-4-6-12)23-16(14)17(21)22-18;1-4-6(3)5-2;1-4(2)3-5/h2-6,11,13,19H,7-10H2,1H3;6H,4-5H2,1-3H3;3-4H,1-2H3. The van der Waals surface area contributed by atoms with Gasteiger partial charge in [0, 0.05) is 23.9 Å². The van der Waals surface area contributed by atoms with Gasteiger partial charge < -0.3 is 19.3 Å². The maximum atomic E-state index is 12.1. The Morgan fingerprint density at radius 2 is 1.74 bits per heavy atom. The molecule has 1 aliphatic heterocycles. The third-order valence-electron chi connectivity index (χ3n) is 5.93. The molecule has 0 atom stereocenters. The summed E-state index contributed by atoms with van der Waals surface area (Å²) in [6.45, 7) is 12.4. The molecule has 190 valence electrons. The van der Waals surface area contributed by atoms with Crippen LogP contribution in [0.2, 0.25) is 0 Å². The molecular weight excluding hydrogens is 468 g/mol. The van der Waals surface area contributed by atoms with Crippen LogP contribution in [0.5, 0.6) is 0 Å². The minimum absolute atomic E-state index is 0.204. The van der Waals surface area contributed by atoms with E-state index in [2.05, 4.69) is 41.3 Å². The Hall–Kier alpha value is -1.89. The summed E-state index contributed by atoms with van der Waals surface area (Å²) in [5.41, 5.74) is 1.98. The first-order valence-corrected chi connectivity index (χ1v) is 13.3. The molecule has 2 aromatic rings. The summed E-state index contributed by atoms with van der Waals surface area (Å²) < 4.78 is 4.47. The predicted molar refractivity (Wildman–Crippen MR) is 146 cm³/mol. The summed E-state index contributed by atoms with van der Waals surface area (Å²) >= 11 is 6.75. The molecule has 0 aliphatic carbocycles. The first-order chi connectivity index (χ1) is 16.3. The fourth-order valence-corrected chi connectivity index (χ4v) is 4.45. The average molecular weight is 509 g/mol. The number of benzene rings is 1. The van der Waals surface area contributed by atoms with Crippen molar-refractivity contribution in [3.63, 3.8) is 0 Å². The monoisotopic (exact) mass is 508 g/mol. The van der Waals surface area contributed by atoms with Gasteiger partial charge in [-0.05, 0) is 43.5 Å². The minimum atomic E-state index is -0.491. The molecule has 0 amide bonds. The second-order valence-electron chi connectivity index (χ2n) is 8.95. The minimum Gasteiger partial charge on any atom is -0.370 e. The van der Waals surface area contributed by atoms with Crippen LogP contribution >= 0.6 is 23.2 Å². The van der Waals surface area contributed by atoms with E-state index in [4.69, 9.17) is 11.9 Å². The fraction of sp³-hybridized carbons (Fsp3) is 0.556. The highest BCUT2D eigenvalue weighted by Crippen LogP contribution is 2.38. The lowest BCUT2D eigenvalue weighted by molar-refractivity contribution is -0.110. The average Bonchev–Trinajstić information content (AvgIpc) is 3.34. The number of piperidine rings is 1. The number of nitrogens with one attached hydrogen (secondary N) is 1. The number of hydrogen-bond acceptors (Lipinski definition) is 6. The van der Waals surface area contributed by atoms with Crippen molar-refractivity contribution in [1.82, 2.24) is 5.32 Å². The van der Waals surface area contributed by atoms with Crippen molar-refractivity contribution in [3.8, 4) is 10.4 Å². The molecule has 34 heavy (non-hydrogen) atoms. The number of anilines is 1. The number of carbonyl (C=O) groups is 2. The van der Waals surface area contributed by atoms with Crippen molar-refractivity contribution < 1.29 is 13.9 Å². The molecule has 1 N–H and O–H groups in total. The summed E-state index contributed by atoms with van der Waals surface area (Å²) in [6, 6.07) is 12.5. The molecule has 1 aromatic heterocycles.